The number of thiophene rings is 1. The van der Waals surface area contributed by atoms with Gasteiger partial charge >= 0.3 is 0 Å². The third-order valence-corrected chi connectivity index (χ3v) is 5.96. The van der Waals surface area contributed by atoms with E-state index < -0.39 is 6.23 Å². The van der Waals surface area contributed by atoms with E-state index in [9.17, 15) is 5.11 Å². The molecule has 2 aromatic carbocycles. The first-order valence-corrected chi connectivity index (χ1v) is 9.54. The van der Waals surface area contributed by atoms with Gasteiger partial charge in [0.05, 0.1) is 22.2 Å². The van der Waals surface area contributed by atoms with E-state index in [0.717, 1.165) is 34.6 Å². The lowest BCUT2D eigenvalue weighted by Gasteiger charge is -2.38. The van der Waals surface area contributed by atoms with Gasteiger partial charge in [-0.25, -0.2) is 5.01 Å². The molecule has 0 bridgehead atoms. The van der Waals surface area contributed by atoms with Crippen LogP contribution in [0.2, 0.25) is 0 Å². The normalized spacial score (nSPS) is 21.0. The summed E-state index contributed by atoms with van der Waals surface area (Å²) in [5.74, 6) is 1.14. The van der Waals surface area contributed by atoms with Crippen LogP contribution in [0.1, 0.15) is 40.3 Å². The number of hydrogen-bond donors (Lipinski definition) is 1. The van der Waals surface area contributed by atoms with Crippen LogP contribution in [-0.2, 0) is 0 Å². The van der Waals surface area contributed by atoms with E-state index in [4.69, 9.17) is 9.84 Å². The fourth-order valence-corrected chi connectivity index (χ4v) is 4.43. The number of phenolic OH excluding ortho intramolecular Hbond substituents is 1. The summed E-state index contributed by atoms with van der Waals surface area (Å²) in [4.78, 5) is 1.18. The van der Waals surface area contributed by atoms with Crippen molar-refractivity contribution >= 4 is 17.0 Å². The third-order valence-electron chi connectivity index (χ3n) is 5.04. The number of aryl methyl sites for hydroxylation is 1. The van der Waals surface area contributed by atoms with Gasteiger partial charge in [-0.15, -0.1) is 11.3 Å². The predicted octanol–water partition coefficient (Wildman–Crippen LogP) is 5.00. The number of nitrogens with zero attached hydrogens (tertiary/aromatic N) is 2. The molecule has 130 valence electrons. The maximum Gasteiger partial charge on any atom is 0.217 e. The van der Waals surface area contributed by atoms with Gasteiger partial charge in [0.25, 0.3) is 0 Å². The highest BCUT2D eigenvalue weighted by molar-refractivity contribution is 7.12. The van der Waals surface area contributed by atoms with Gasteiger partial charge in [-0.2, -0.15) is 5.10 Å². The highest BCUT2D eigenvalue weighted by Gasteiger charge is 2.41. The van der Waals surface area contributed by atoms with Crippen LogP contribution in [0.4, 0.5) is 0 Å². The first-order chi connectivity index (χ1) is 12.7. The lowest BCUT2D eigenvalue weighted by molar-refractivity contribution is -0.0203. The zero-order valence-corrected chi connectivity index (χ0v) is 15.1. The molecule has 0 saturated heterocycles. The minimum absolute atomic E-state index is 0.113. The Kier molecular flexibility index (Phi) is 3.50. The first kappa shape index (κ1) is 15.5. The molecular weight excluding hydrogens is 344 g/mol. The Morgan fingerprint density at radius 1 is 1.08 bits per heavy atom. The standard InChI is InChI=1S/C21H18N2O2S/c1-13-6-4-8-15(20(13)24)21-23-17(14-7-2-3-9-18(14)25-21)12-16(22-23)19-10-5-11-26-19/h2-11,17,21,24H,12H2,1H3/t17-,21+/m1/s1. The number of fused-ring (bicyclic) bond motifs is 3. The zero-order chi connectivity index (χ0) is 17.7. The number of hydrogen-bond acceptors (Lipinski definition) is 5. The van der Waals surface area contributed by atoms with Crippen molar-refractivity contribution in [1.82, 2.24) is 5.01 Å². The summed E-state index contributed by atoms with van der Waals surface area (Å²) in [6, 6.07) is 18.1. The number of para-hydroxylation sites is 2. The van der Waals surface area contributed by atoms with Crippen molar-refractivity contribution in [3.05, 3.63) is 81.5 Å². The average molecular weight is 362 g/mol. The van der Waals surface area contributed by atoms with Crippen molar-refractivity contribution in [3.8, 4) is 11.5 Å². The molecule has 1 aromatic heterocycles. The second kappa shape index (κ2) is 5.88. The number of benzene rings is 2. The molecule has 3 heterocycles. The highest BCUT2D eigenvalue weighted by Crippen LogP contribution is 2.49. The average Bonchev–Trinajstić information content (AvgIpc) is 3.33. The van der Waals surface area contributed by atoms with E-state index in [1.807, 2.05) is 54.4 Å². The molecule has 0 saturated carbocycles. The molecule has 26 heavy (non-hydrogen) atoms. The topological polar surface area (TPSA) is 45.1 Å². The Bertz CT molecular complexity index is 997. The molecule has 0 unspecified atom stereocenters. The highest BCUT2D eigenvalue weighted by atomic mass is 32.1. The first-order valence-electron chi connectivity index (χ1n) is 8.66. The van der Waals surface area contributed by atoms with Crippen molar-refractivity contribution in [1.29, 1.82) is 0 Å². The summed E-state index contributed by atoms with van der Waals surface area (Å²) < 4.78 is 6.30. The fourth-order valence-electron chi connectivity index (χ4n) is 3.71. The van der Waals surface area contributed by atoms with Gasteiger partial charge in [0.15, 0.2) is 0 Å². The Morgan fingerprint density at radius 3 is 2.77 bits per heavy atom. The molecule has 0 aliphatic carbocycles. The van der Waals surface area contributed by atoms with Crippen LogP contribution < -0.4 is 4.74 Å². The quantitative estimate of drug-likeness (QED) is 0.697. The van der Waals surface area contributed by atoms with Crippen molar-refractivity contribution in [2.24, 2.45) is 5.10 Å². The largest absolute Gasteiger partial charge is 0.507 e. The molecule has 1 N–H and O–H groups in total. The molecule has 0 fully saturated rings. The summed E-state index contributed by atoms with van der Waals surface area (Å²) in [6.07, 6.45) is 0.400. The Labute approximate surface area is 156 Å². The molecule has 2 atom stereocenters. The van der Waals surface area contributed by atoms with Gasteiger partial charge in [0.2, 0.25) is 6.23 Å². The Hall–Kier alpha value is -2.79. The lowest BCUT2D eigenvalue weighted by Crippen LogP contribution is -2.33. The van der Waals surface area contributed by atoms with E-state index in [1.165, 1.54) is 4.88 Å². The number of hydrazone groups is 1. The number of phenols is 1. The molecule has 3 aromatic rings. The summed E-state index contributed by atoms with van der Waals surface area (Å²) in [5, 5.41) is 19.6. The summed E-state index contributed by atoms with van der Waals surface area (Å²) in [6.45, 7) is 1.90. The van der Waals surface area contributed by atoms with Crippen molar-refractivity contribution in [2.45, 2.75) is 25.6 Å². The van der Waals surface area contributed by atoms with E-state index in [1.54, 1.807) is 11.3 Å². The van der Waals surface area contributed by atoms with Crippen LogP contribution in [0, 0.1) is 6.92 Å². The van der Waals surface area contributed by atoms with Crippen LogP contribution in [-0.4, -0.2) is 15.8 Å². The molecular formula is C21H18N2O2S. The van der Waals surface area contributed by atoms with E-state index in [0.29, 0.717) is 0 Å². The third kappa shape index (κ3) is 2.31. The molecule has 2 aliphatic heterocycles. The predicted molar refractivity (Wildman–Crippen MR) is 103 cm³/mol. The van der Waals surface area contributed by atoms with E-state index >= 15 is 0 Å². The van der Waals surface area contributed by atoms with Crippen molar-refractivity contribution < 1.29 is 9.84 Å². The minimum atomic E-state index is -0.438. The molecule has 0 radical (unpaired) electrons. The lowest BCUT2D eigenvalue weighted by atomic mass is 9.97. The monoisotopic (exact) mass is 362 g/mol. The summed E-state index contributed by atoms with van der Waals surface area (Å²) in [7, 11) is 0. The zero-order valence-electron chi connectivity index (χ0n) is 14.3. The SMILES string of the molecule is Cc1cccc([C@@H]2Oc3ccccc3[C@H]3CC(c4cccs4)=NN32)c1O. The van der Waals surface area contributed by atoms with Crippen molar-refractivity contribution in [2.75, 3.05) is 0 Å². The summed E-state index contributed by atoms with van der Waals surface area (Å²) >= 11 is 1.70. The van der Waals surface area contributed by atoms with Crippen LogP contribution in [0.3, 0.4) is 0 Å². The van der Waals surface area contributed by atoms with Gasteiger partial charge < -0.3 is 9.84 Å². The molecule has 4 nitrogen and oxygen atoms in total. The second-order valence-electron chi connectivity index (χ2n) is 6.64. The van der Waals surface area contributed by atoms with Gasteiger partial charge in [-0.3, -0.25) is 0 Å². The van der Waals surface area contributed by atoms with Gasteiger partial charge in [0, 0.05) is 12.0 Å². The van der Waals surface area contributed by atoms with Crippen LogP contribution in [0.15, 0.2) is 65.1 Å². The minimum Gasteiger partial charge on any atom is -0.507 e. The van der Waals surface area contributed by atoms with Crippen LogP contribution in [0.25, 0.3) is 0 Å². The summed E-state index contributed by atoms with van der Waals surface area (Å²) in [5.41, 5.74) is 3.80. The molecule has 5 heteroatoms. The molecule has 0 amide bonds. The van der Waals surface area contributed by atoms with Gasteiger partial charge in [0.1, 0.15) is 11.5 Å². The molecule has 0 spiro atoms. The van der Waals surface area contributed by atoms with E-state index in [2.05, 4.69) is 17.5 Å². The maximum absolute atomic E-state index is 10.6. The van der Waals surface area contributed by atoms with E-state index in [-0.39, 0.29) is 11.8 Å². The number of aromatic hydroxyl groups is 1. The Morgan fingerprint density at radius 2 is 1.92 bits per heavy atom. The van der Waals surface area contributed by atoms with Gasteiger partial charge in [-0.1, -0.05) is 36.4 Å². The molecule has 5 rings (SSSR count). The number of ether oxygens (including phenoxy) is 1. The smallest absolute Gasteiger partial charge is 0.217 e. The van der Waals surface area contributed by atoms with Crippen LogP contribution in [0.5, 0.6) is 11.5 Å². The van der Waals surface area contributed by atoms with Crippen molar-refractivity contribution in [3.63, 3.8) is 0 Å². The maximum atomic E-state index is 10.6. The fraction of sp³-hybridized carbons (Fsp3) is 0.190. The molecule has 2 aliphatic rings. The second-order valence-corrected chi connectivity index (χ2v) is 7.59. The Balaban J connectivity index is 1.64. The van der Waals surface area contributed by atoms with Crippen LogP contribution >= 0.6 is 11.3 Å². The number of rotatable bonds is 2. The van der Waals surface area contributed by atoms with Gasteiger partial charge in [-0.05, 0) is 36.1 Å².